The van der Waals surface area contributed by atoms with Crippen molar-refractivity contribution >= 4 is 34.5 Å². The van der Waals surface area contributed by atoms with E-state index in [1.165, 1.54) is 6.20 Å². The molecule has 3 aromatic rings. The molecule has 0 aliphatic carbocycles. The number of likely N-dealkylation sites (tertiary alicyclic amines) is 1. The zero-order chi connectivity index (χ0) is 23.4. The molecule has 3 N–H and O–H groups in total. The lowest BCUT2D eigenvalue weighted by Gasteiger charge is -2.42. The predicted molar refractivity (Wildman–Crippen MR) is 127 cm³/mol. The normalized spacial score (nSPS) is 18.2. The molecule has 1 aliphatic rings. The number of hydrogen-bond acceptors (Lipinski definition) is 6. The molecule has 0 saturated carbocycles. The van der Waals surface area contributed by atoms with Gasteiger partial charge in [-0.3, -0.25) is 4.79 Å². The molecule has 1 aliphatic heterocycles. The molecule has 0 radical (unpaired) electrons. The van der Waals surface area contributed by atoms with Crippen molar-refractivity contribution in [2.24, 2.45) is 5.92 Å². The standard InChI is InChI=1S/C23H30N8O2/c1-4-9-25-22(32)18-6-5-16(12-26-18)29-23(33)31-11-8-15(2)19(13-31)30(3)21-17-7-10-24-20(17)27-14-28-21/h5-7,10,12,14-15,19H,4,8-9,11,13H2,1-3H3,(H,25,32)(H,29,33)(H,24,27,28). The number of H-pyrrole nitrogens is 1. The number of likely N-dealkylation sites (N-methyl/N-ethyl adjacent to an activating group) is 1. The third kappa shape index (κ3) is 4.89. The van der Waals surface area contributed by atoms with Crippen molar-refractivity contribution in [3.63, 3.8) is 0 Å². The number of nitrogens with zero attached hydrogens (tertiary/aromatic N) is 5. The average Bonchev–Trinajstić information content (AvgIpc) is 3.32. The number of aromatic nitrogens is 4. The highest BCUT2D eigenvalue weighted by atomic mass is 16.2. The Morgan fingerprint density at radius 2 is 2.09 bits per heavy atom. The minimum absolute atomic E-state index is 0.111. The van der Waals surface area contributed by atoms with Gasteiger partial charge in [0.25, 0.3) is 5.91 Å². The Morgan fingerprint density at radius 1 is 1.24 bits per heavy atom. The number of nitrogens with one attached hydrogen (secondary N) is 3. The molecule has 4 heterocycles. The van der Waals surface area contributed by atoms with Gasteiger partial charge in [-0.25, -0.2) is 19.7 Å². The molecule has 2 atom stereocenters. The van der Waals surface area contributed by atoms with E-state index in [2.05, 4.69) is 42.4 Å². The molecule has 1 saturated heterocycles. The lowest BCUT2D eigenvalue weighted by molar-refractivity contribution is 0.0948. The summed E-state index contributed by atoms with van der Waals surface area (Å²) in [4.78, 5) is 45.0. The van der Waals surface area contributed by atoms with E-state index in [0.29, 0.717) is 36.9 Å². The van der Waals surface area contributed by atoms with Crippen LogP contribution in [-0.2, 0) is 0 Å². The average molecular weight is 451 g/mol. The lowest BCUT2D eigenvalue weighted by atomic mass is 9.92. The number of amides is 3. The van der Waals surface area contributed by atoms with Crippen LogP contribution < -0.4 is 15.5 Å². The molecule has 0 aromatic carbocycles. The second-order valence-electron chi connectivity index (χ2n) is 8.45. The van der Waals surface area contributed by atoms with E-state index in [1.807, 2.05) is 31.1 Å². The molecule has 4 rings (SSSR count). The van der Waals surface area contributed by atoms with Gasteiger partial charge in [-0.2, -0.15) is 0 Å². The third-order valence-corrected chi connectivity index (χ3v) is 6.15. The van der Waals surface area contributed by atoms with Gasteiger partial charge >= 0.3 is 6.03 Å². The minimum atomic E-state index is -0.216. The summed E-state index contributed by atoms with van der Waals surface area (Å²) in [6.07, 6.45) is 6.67. The highest BCUT2D eigenvalue weighted by Gasteiger charge is 2.33. The van der Waals surface area contributed by atoms with Crippen LogP contribution in [0.4, 0.5) is 16.3 Å². The largest absolute Gasteiger partial charge is 0.354 e. The summed E-state index contributed by atoms with van der Waals surface area (Å²) in [6.45, 7) is 6.05. The number of rotatable bonds is 6. The quantitative estimate of drug-likeness (QED) is 0.531. The first-order chi connectivity index (χ1) is 16.0. The van der Waals surface area contributed by atoms with Gasteiger partial charge in [0.1, 0.15) is 23.5 Å². The number of carbonyl (C=O) groups is 2. The number of anilines is 2. The second kappa shape index (κ2) is 9.85. The van der Waals surface area contributed by atoms with Gasteiger partial charge in [-0.15, -0.1) is 0 Å². The summed E-state index contributed by atoms with van der Waals surface area (Å²) in [5, 5.41) is 6.66. The van der Waals surface area contributed by atoms with Gasteiger partial charge in [-0.05, 0) is 37.0 Å². The summed E-state index contributed by atoms with van der Waals surface area (Å²) < 4.78 is 0. The van der Waals surface area contributed by atoms with E-state index in [9.17, 15) is 9.59 Å². The van der Waals surface area contributed by atoms with E-state index in [4.69, 9.17) is 0 Å². The molecule has 0 bridgehead atoms. The summed E-state index contributed by atoms with van der Waals surface area (Å²) in [7, 11) is 2.02. The maximum absolute atomic E-state index is 13.0. The zero-order valence-corrected chi connectivity index (χ0v) is 19.2. The van der Waals surface area contributed by atoms with Crippen LogP contribution in [0.3, 0.4) is 0 Å². The Kier molecular flexibility index (Phi) is 6.71. The number of fused-ring (bicyclic) bond motifs is 1. The van der Waals surface area contributed by atoms with Crippen LogP contribution in [0.5, 0.6) is 0 Å². The van der Waals surface area contributed by atoms with Gasteiger partial charge in [-0.1, -0.05) is 13.8 Å². The van der Waals surface area contributed by atoms with Crippen molar-refractivity contribution in [2.75, 3.05) is 36.9 Å². The van der Waals surface area contributed by atoms with E-state index < -0.39 is 0 Å². The molecule has 0 spiro atoms. The molecule has 1 fully saturated rings. The Bertz CT molecular complexity index is 1110. The number of piperidine rings is 1. The van der Waals surface area contributed by atoms with E-state index in [-0.39, 0.29) is 18.0 Å². The Hall–Kier alpha value is -3.69. The molecule has 3 aromatic heterocycles. The van der Waals surface area contributed by atoms with Gasteiger partial charge < -0.3 is 25.4 Å². The molecular formula is C23H30N8O2. The fourth-order valence-electron chi connectivity index (χ4n) is 4.17. The van der Waals surface area contributed by atoms with Crippen LogP contribution >= 0.6 is 0 Å². The molecule has 10 nitrogen and oxygen atoms in total. The van der Waals surface area contributed by atoms with Crippen LogP contribution in [0.25, 0.3) is 11.0 Å². The highest BCUT2D eigenvalue weighted by Crippen LogP contribution is 2.28. The van der Waals surface area contributed by atoms with E-state index >= 15 is 0 Å². The van der Waals surface area contributed by atoms with Crippen molar-refractivity contribution in [1.82, 2.24) is 30.2 Å². The Morgan fingerprint density at radius 3 is 2.85 bits per heavy atom. The minimum Gasteiger partial charge on any atom is -0.354 e. The van der Waals surface area contributed by atoms with Gasteiger partial charge in [0.2, 0.25) is 0 Å². The van der Waals surface area contributed by atoms with E-state index in [1.54, 1.807) is 18.5 Å². The monoisotopic (exact) mass is 450 g/mol. The van der Waals surface area contributed by atoms with Crippen LogP contribution in [0.2, 0.25) is 0 Å². The summed E-state index contributed by atoms with van der Waals surface area (Å²) in [6, 6.07) is 5.22. The third-order valence-electron chi connectivity index (χ3n) is 6.15. The van der Waals surface area contributed by atoms with Crippen LogP contribution in [0.1, 0.15) is 37.2 Å². The maximum Gasteiger partial charge on any atom is 0.321 e. The number of hydrogen-bond donors (Lipinski definition) is 3. The summed E-state index contributed by atoms with van der Waals surface area (Å²) >= 11 is 0. The number of carbonyl (C=O) groups excluding carboxylic acids is 2. The van der Waals surface area contributed by atoms with Gasteiger partial charge in [0.15, 0.2) is 0 Å². The fraction of sp³-hybridized carbons (Fsp3) is 0.435. The highest BCUT2D eigenvalue weighted by molar-refractivity contribution is 5.93. The van der Waals surface area contributed by atoms with Crippen molar-refractivity contribution in [2.45, 2.75) is 32.7 Å². The van der Waals surface area contributed by atoms with Gasteiger partial charge in [0, 0.05) is 32.9 Å². The van der Waals surface area contributed by atoms with Crippen LogP contribution in [0.15, 0.2) is 36.9 Å². The smallest absolute Gasteiger partial charge is 0.321 e. The topological polar surface area (TPSA) is 119 Å². The Balaban J connectivity index is 1.42. The Labute approximate surface area is 192 Å². The first kappa shape index (κ1) is 22.5. The lowest BCUT2D eigenvalue weighted by Crippen LogP contribution is -2.53. The van der Waals surface area contributed by atoms with Crippen LogP contribution in [-0.4, -0.2) is 69.5 Å². The number of aromatic amines is 1. The zero-order valence-electron chi connectivity index (χ0n) is 19.2. The number of urea groups is 1. The van der Waals surface area contributed by atoms with Crippen molar-refractivity contribution < 1.29 is 9.59 Å². The fourth-order valence-corrected chi connectivity index (χ4v) is 4.17. The van der Waals surface area contributed by atoms with Gasteiger partial charge in [0.05, 0.1) is 23.3 Å². The van der Waals surface area contributed by atoms with E-state index in [0.717, 1.165) is 29.7 Å². The summed E-state index contributed by atoms with van der Waals surface area (Å²) in [5.74, 6) is 1.03. The predicted octanol–water partition coefficient (Wildman–Crippen LogP) is 2.87. The molecule has 2 unspecified atom stereocenters. The van der Waals surface area contributed by atoms with Crippen molar-refractivity contribution in [1.29, 1.82) is 0 Å². The molecule has 33 heavy (non-hydrogen) atoms. The molecule has 174 valence electrons. The molecular weight excluding hydrogens is 420 g/mol. The molecule has 10 heteroatoms. The SMILES string of the molecule is CCCNC(=O)c1ccc(NC(=O)N2CCC(C)C(N(C)c3ncnc4[nH]ccc34)C2)cn1. The van der Waals surface area contributed by atoms with Crippen molar-refractivity contribution in [3.8, 4) is 0 Å². The first-order valence-corrected chi connectivity index (χ1v) is 11.3. The summed E-state index contributed by atoms with van der Waals surface area (Å²) in [5.41, 5.74) is 1.68. The number of pyridine rings is 1. The second-order valence-corrected chi connectivity index (χ2v) is 8.45. The van der Waals surface area contributed by atoms with Crippen molar-refractivity contribution in [3.05, 3.63) is 42.6 Å². The molecule has 3 amide bonds. The maximum atomic E-state index is 13.0. The first-order valence-electron chi connectivity index (χ1n) is 11.3. The van der Waals surface area contributed by atoms with Crippen LogP contribution in [0, 0.1) is 5.92 Å².